The number of morpholine rings is 1. The smallest absolute Gasteiger partial charge is 0.279 e. The Hall–Kier alpha value is -4.66. The lowest BCUT2D eigenvalue weighted by molar-refractivity contribution is -0.110. The number of methoxy groups -OCH3 is 1. The molecule has 3 aromatic carbocycles. The van der Waals surface area contributed by atoms with Crippen LogP contribution in [0.3, 0.4) is 0 Å². The minimum absolute atomic E-state index is 0.203. The van der Waals surface area contributed by atoms with Gasteiger partial charge in [0.25, 0.3) is 5.91 Å². The first-order valence-corrected chi connectivity index (χ1v) is 17.0. The quantitative estimate of drug-likeness (QED) is 0.121. The molecule has 1 saturated heterocycles. The lowest BCUT2D eigenvalue weighted by atomic mass is 9.86. The van der Waals surface area contributed by atoms with E-state index < -0.39 is 15.9 Å². The second kappa shape index (κ2) is 14.0. The van der Waals surface area contributed by atoms with Gasteiger partial charge in [-0.25, -0.2) is 13.1 Å². The topological polar surface area (TPSA) is 157 Å². The van der Waals surface area contributed by atoms with Crippen molar-refractivity contribution < 1.29 is 32.6 Å². The molecule has 2 heterocycles. The van der Waals surface area contributed by atoms with Crippen molar-refractivity contribution in [1.82, 2.24) is 14.7 Å². The molecule has 0 atom stereocenters. The average Bonchev–Trinajstić information content (AvgIpc) is 3.49. The lowest BCUT2D eigenvalue weighted by Crippen LogP contribution is -2.38. The van der Waals surface area contributed by atoms with Gasteiger partial charge in [0.2, 0.25) is 10.0 Å². The minimum atomic E-state index is -3.65. The molecule has 0 saturated carbocycles. The molecule has 5 rings (SSSR count). The maximum atomic E-state index is 13.7. The largest absolute Gasteiger partial charge is 0.492 e. The molecule has 1 fully saturated rings. The van der Waals surface area contributed by atoms with E-state index in [1.54, 1.807) is 24.3 Å². The highest BCUT2D eigenvalue weighted by Crippen LogP contribution is 2.39. The molecule has 0 unspecified atom stereocenters. The first-order chi connectivity index (χ1) is 22.4. The molecular formula is C33H40N6O7S. The summed E-state index contributed by atoms with van der Waals surface area (Å²) in [5.74, 6) is 0.394. The van der Waals surface area contributed by atoms with Crippen LogP contribution in [0.2, 0.25) is 0 Å². The van der Waals surface area contributed by atoms with Crippen molar-refractivity contribution in [2.75, 3.05) is 62.9 Å². The molecule has 0 bridgehead atoms. The number of nitrogens with one attached hydrogen (secondary N) is 2. The maximum Gasteiger partial charge on any atom is 0.279 e. The predicted octanol–water partition coefficient (Wildman–Crippen LogP) is 4.23. The second-order valence-electron chi connectivity index (χ2n) is 12.2. The van der Waals surface area contributed by atoms with E-state index >= 15 is 0 Å². The molecule has 0 radical (unpaired) electrons. The Morgan fingerprint density at radius 2 is 1.81 bits per heavy atom. The van der Waals surface area contributed by atoms with Crippen molar-refractivity contribution in [3.63, 3.8) is 0 Å². The van der Waals surface area contributed by atoms with Crippen LogP contribution in [0.25, 0.3) is 16.5 Å². The van der Waals surface area contributed by atoms with Crippen LogP contribution in [-0.4, -0.2) is 92.7 Å². The highest BCUT2D eigenvalue weighted by Gasteiger charge is 2.25. The summed E-state index contributed by atoms with van der Waals surface area (Å²) in [7, 11) is -2.23. The van der Waals surface area contributed by atoms with Gasteiger partial charge < -0.3 is 24.7 Å². The van der Waals surface area contributed by atoms with Crippen molar-refractivity contribution in [1.29, 1.82) is 0 Å². The van der Waals surface area contributed by atoms with Gasteiger partial charge in [-0.15, -0.1) is 0 Å². The third kappa shape index (κ3) is 7.84. The number of fused-ring (bicyclic) bond motifs is 1. The summed E-state index contributed by atoms with van der Waals surface area (Å²) in [5, 5.41) is 22.1. The fourth-order valence-electron chi connectivity index (χ4n) is 5.39. The number of hydrogen-bond donors (Lipinski definition) is 3. The van der Waals surface area contributed by atoms with Crippen LogP contribution in [0.1, 0.15) is 31.9 Å². The monoisotopic (exact) mass is 664 g/mol. The molecule has 1 aliphatic heterocycles. The first-order valence-electron chi connectivity index (χ1n) is 15.1. The number of carbonyl (C=O) groups excluding carboxylic acids is 1. The minimum Gasteiger partial charge on any atom is -0.492 e. The van der Waals surface area contributed by atoms with Crippen molar-refractivity contribution in [2.45, 2.75) is 26.2 Å². The number of aromatic nitrogens is 2. The van der Waals surface area contributed by atoms with E-state index in [4.69, 9.17) is 14.2 Å². The Labute approximate surface area is 274 Å². The first kappa shape index (κ1) is 33.7. The number of carbonyl (C=O) groups is 1. The fraction of sp³-hybridized carbons (Fsp3) is 0.364. The summed E-state index contributed by atoms with van der Waals surface area (Å²) in [6, 6.07) is 16.0. The van der Waals surface area contributed by atoms with Gasteiger partial charge in [-0.2, -0.15) is 5.10 Å². The number of oxime groups is 1. The summed E-state index contributed by atoms with van der Waals surface area (Å²) >= 11 is 0. The van der Waals surface area contributed by atoms with Crippen molar-refractivity contribution in [3.05, 3.63) is 71.9 Å². The molecule has 47 heavy (non-hydrogen) atoms. The standard InChI is InChI=1S/C33H40N6O7S/c1-33(2,3)22-20-26(37-47(5,42)43)31(44-4)27(21-22)39-29(12-13-34-39)35-32(40)30(36-41)25-10-11-28(24-9-7-6-8-23(24)25)46-19-16-38-14-17-45-18-15-38/h6-13,20-21,37,41H,14-19H2,1-5H3,(H,35,40)/b36-30-. The van der Waals surface area contributed by atoms with Gasteiger partial charge in [0, 0.05) is 36.7 Å². The van der Waals surface area contributed by atoms with E-state index in [2.05, 4.69) is 25.2 Å². The van der Waals surface area contributed by atoms with Crippen molar-refractivity contribution >= 4 is 43.9 Å². The summed E-state index contributed by atoms with van der Waals surface area (Å²) in [4.78, 5) is 16.0. The van der Waals surface area contributed by atoms with Crippen molar-refractivity contribution in [3.8, 4) is 17.2 Å². The van der Waals surface area contributed by atoms with Gasteiger partial charge in [-0.05, 0) is 40.6 Å². The molecule has 0 spiro atoms. The predicted molar refractivity (Wildman–Crippen MR) is 181 cm³/mol. The molecule has 13 nitrogen and oxygen atoms in total. The van der Waals surface area contributed by atoms with E-state index in [0.29, 0.717) is 42.2 Å². The SMILES string of the molecule is COc1c(NS(C)(=O)=O)cc(C(C)(C)C)cc1-n1nccc1NC(=O)/C(=N\O)c1ccc(OCCN2CCOCC2)c2ccccc12. The van der Waals surface area contributed by atoms with Crippen LogP contribution in [0.15, 0.2) is 65.9 Å². The Bertz CT molecular complexity index is 1890. The summed E-state index contributed by atoms with van der Waals surface area (Å²) in [6.07, 6.45) is 2.54. The molecule has 1 amide bonds. The Balaban J connectivity index is 1.45. The fourth-order valence-corrected chi connectivity index (χ4v) is 5.95. The van der Waals surface area contributed by atoms with Crippen LogP contribution in [0, 0.1) is 0 Å². The number of anilines is 2. The van der Waals surface area contributed by atoms with Gasteiger partial charge in [0.15, 0.2) is 11.5 Å². The van der Waals surface area contributed by atoms with Gasteiger partial charge in [-0.1, -0.05) is 50.2 Å². The summed E-state index contributed by atoms with van der Waals surface area (Å²) < 4.78 is 45.6. The van der Waals surface area contributed by atoms with Crippen LogP contribution in [0.4, 0.5) is 11.5 Å². The highest BCUT2D eigenvalue weighted by atomic mass is 32.2. The Morgan fingerprint density at radius 1 is 1.09 bits per heavy atom. The Morgan fingerprint density at radius 3 is 2.47 bits per heavy atom. The number of sulfonamides is 1. The number of benzene rings is 3. The third-order valence-electron chi connectivity index (χ3n) is 7.77. The van der Waals surface area contributed by atoms with Gasteiger partial charge in [-0.3, -0.25) is 14.4 Å². The number of ether oxygens (including phenoxy) is 3. The van der Waals surface area contributed by atoms with Crippen molar-refractivity contribution in [2.24, 2.45) is 5.16 Å². The van der Waals surface area contributed by atoms with E-state index in [0.717, 1.165) is 36.8 Å². The van der Waals surface area contributed by atoms with E-state index in [-0.39, 0.29) is 28.4 Å². The molecular weight excluding hydrogens is 624 g/mol. The van der Waals surface area contributed by atoms with Crippen LogP contribution >= 0.6 is 0 Å². The van der Waals surface area contributed by atoms with Crippen LogP contribution in [-0.2, 0) is 25.0 Å². The third-order valence-corrected chi connectivity index (χ3v) is 8.36. The van der Waals surface area contributed by atoms with Gasteiger partial charge in [0.1, 0.15) is 23.9 Å². The van der Waals surface area contributed by atoms with E-state index in [1.165, 1.54) is 18.0 Å². The zero-order chi connectivity index (χ0) is 33.8. The van der Waals surface area contributed by atoms with Crippen LogP contribution < -0.4 is 19.5 Å². The highest BCUT2D eigenvalue weighted by molar-refractivity contribution is 7.92. The molecule has 3 N–H and O–H groups in total. The van der Waals surface area contributed by atoms with E-state index in [9.17, 15) is 18.4 Å². The lowest BCUT2D eigenvalue weighted by Gasteiger charge is -2.26. The molecule has 250 valence electrons. The normalized spacial score (nSPS) is 14.6. The number of amides is 1. The molecule has 1 aromatic heterocycles. The van der Waals surface area contributed by atoms with Crippen LogP contribution in [0.5, 0.6) is 11.5 Å². The molecule has 0 aliphatic carbocycles. The molecule has 14 heteroatoms. The van der Waals surface area contributed by atoms with Gasteiger partial charge >= 0.3 is 0 Å². The number of rotatable bonds is 11. The zero-order valence-corrected chi connectivity index (χ0v) is 27.9. The maximum absolute atomic E-state index is 13.7. The van der Waals surface area contributed by atoms with Gasteiger partial charge in [0.05, 0.1) is 38.5 Å². The molecule has 1 aliphatic rings. The average molecular weight is 665 g/mol. The molecule has 4 aromatic rings. The number of nitrogens with zero attached hydrogens (tertiary/aromatic N) is 4. The second-order valence-corrected chi connectivity index (χ2v) is 13.9. The number of hydrogen-bond acceptors (Lipinski definition) is 10. The van der Waals surface area contributed by atoms with E-state index in [1.807, 2.05) is 51.1 Å². The Kier molecular flexibility index (Phi) is 10.0. The summed E-state index contributed by atoms with van der Waals surface area (Å²) in [5.41, 5.74) is 1.22. The summed E-state index contributed by atoms with van der Waals surface area (Å²) in [6.45, 7) is 10.4. The zero-order valence-electron chi connectivity index (χ0n) is 27.1.